The SMILES string of the molecule is CC1CCCCN1C(=O)c1ccc(NC2CCCOC2)cc1. The summed E-state index contributed by atoms with van der Waals surface area (Å²) < 4.78 is 5.48. The van der Waals surface area contributed by atoms with Gasteiger partial charge < -0.3 is 15.0 Å². The van der Waals surface area contributed by atoms with Gasteiger partial charge in [0.25, 0.3) is 5.91 Å². The molecule has 2 aliphatic heterocycles. The predicted molar refractivity (Wildman–Crippen MR) is 88.3 cm³/mol. The number of nitrogens with one attached hydrogen (secondary N) is 1. The highest BCUT2D eigenvalue weighted by Crippen LogP contribution is 2.21. The molecular formula is C18H26N2O2. The van der Waals surface area contributed by atoms with E-state index in [1.807, 2.05) is 29.2 Å². The van der Waals surface area contributed by atoms with Crippen molar-refractivity contribution in [1.82, 2.24) is 4.90 Å². The maximum absolute atomic E-state index is 12.6. The number of rotatable bonds is 3. The first-order valence-electron chi connectivity index (χ1n) is 8.49. The third-order valence-electron chi connectivity index (χ3n) is 4.73. The molecule has 3 rings (SSSR count). The molecule has 0 radical (unpaired) electrons. The molecule has 4 nitrogen and oxygen atoms in total. The first-order valence-corrected chi connectivity index (χ1v) is 8.49. The molecule has 0 bridgehead atoms. The molecule has 0 aromatic heterocycles. The average Bonchev–Trinajstić information content (AvgIpc) is 2.56. The van der Waals surface area contributed by atoms with Crippen LogP contribution >= 0.6 is 0 Å². The zero-order chi connectivity index (χ0) is 15.4. The Labute approximate surface area is 132 Å². The first kappa shape index (κ1) is 15.3. The van der Waals surface area contributed by atoms with Crippen LogP contribution in [0.4, 0.5) is 5.69 Å². The third kappa shape index (κ3) is 3.61. The van der Waals surface area contributed by atoms with Gasteiger partial charge in [-0.1, -0.05) is 0 Å². The smallest absolute Gasteiger partial charge is 0.254 e. The number of benzene rings is 1. The molecule has 2 atom stereocenters. The molecule has 4 heteroatoms. The molecular weight excluding hydrogens is 276 g/mol. The van der Waals surface area contributed by atoms with Gasteiger partial charge in [0, 0.05) is 36.5 Å². The molecule has 2 unspecified atom stereocenters. The second-order valence-corrected chi connectivity index (χ2v) is 6.48. The lowest BCUT2D eigenvalue weighted by Gasteiger charge is -2.33. The van der Waals surface area contributed by atoms with E-state index in [1.54, 1.807) is 0 Å². The summed E-state index contributed by atoms with van der Waals surface area (Å²) in [5.74, 6) is 0.166. The van der Waals surface area contributed by atoms with Crippen LogP contribution in [-0.4, -0.2) is 42.6 Å². The van der Waals surface area contributed by atoms with Gasteiger partial charge in [0.15, 0.2) is 0 Å². The van der Waals surface area contributed by atoms with Crippen molar-refractivity contribution in [2.24, 2.45) is 0 Å². The summed E-state index contributed by atoms with van der Waals surface area (Å²) in [5, 5.41) is 3.49. The van der Waals surface area contributed by atoms with Crippen molar-refractivity contribution < 1.29 is 9.53 Å². The molecule has 1 amide bonds. The van der Waals surface area contributed by atoms with E-state index in [0.717, 1.165) is 56.7 Å². The number of hydrogen-bond acceptors (Lipinski definition) is 3. The van der Waals surface area contributed by atoms with Gasteiger partial charge in [-0.15, -0.1) is 0 Å². The van der Waals surface area contributed by atoms with E-state index in [4.69, 9.17) is 4.74 Å². The second-order valence-electron chi connectivity index (χ2n) is 6.48. The highest BCUT2D eigenvalue weighted by Gasteiger charge is 2.24. The number of hydrogen-bond donors (Lipinski definition) is 1. The fraction of sp³-hybridized carbons (Fsp3) is 0.611. The molecule has 1 aromatic rings. The quantitative estimate of drug-likeness (QED) is 0.931. The largest absolute Gasteiger partial charge is 0.380 e. The van der Waals surface area contributed by atoms with Crippen molar-refractivity contribution in [2.45, 2.75) is 51.1 Å². The number of carbonyl (C=O) groups is 1. The maximum Gasteiger partial charge on any atom is 0.254 e. The molecule has 0 saturated carbocycles. The number of ether oxygens (including phenoxy) is 1. The monoisotopic (exact) mass is 302 g/mol. The van der Waals surface area contributed by atoms with Gasteiger partial charge in [-0.2, -0.15) is 0 Å². The van der Waals surface area contributed by atoms with Crippen molar-refractivity contribution in [3.8, 4) is 0 Å². The zero-order valence-electron chi connectivity index (χ0n) is 13.4. The number of carbonyl (C=O) groups excluding carboxylic acids is 1. The van der Waals surface area contributed by atoms with Crippen molar-refractivity contribution in [1.29, 1.82) is 0 Å². The first-order chi connectivity index (χ1) is 10.7. The van der Waals surface area contributed by atoms with Crippen LogP contribution in [0.2, 0.25) is 0 Å². The van der Waals surface area contributed by atoms with Gasteiger partial charge in [-0.3, -0.25) is 4.79 Å². The fourth-order valence-electron chi connectivity index (χ4n) is 3.36. The van der Waals surface area contributed by atoms with E-state index in [1.165, 1.54) is 6.42 Å². The van der Waals surface area contributed by atoms with Crippen LogP contribution < -0.4 is 5.32 Å². The highest BCUT2D eigenvalue weighted by molar-refractivity contribution is 5.94. The average molecular weight is 302 g/mol. The van der Waals surface area contributed by atoms with Crippen LogP contribution in [0.3, 0.4) is 0 Å². The van der Waals surface area contributed by atoms with Gasteiger partial charge >= 0.3 is 0 Å². The van der Waals surface area contributed by atoms with Crippen LogP contribution in [0.15, 0.2) is 24.3 Å². The van der Waals surface area contributed by atoms with Crippen LogP contribution in [-0.2, 0) is 4.74 Å². The lowest BCUT2D eigenvalue weighted by Crippen LogP contribution is -2.42. The Balaban J connectivity index is 1.61. The zero-order valence-corrected chi connectivity index (χ0v) is 13.4. The van der Waals surface area contributed by atoms with Gasteiger partial charge in [0.2, 0.25) is 0 Å². The van der Waals surface area contributed by atoms with E-state index < -0.39 is 0 Å². The van der Waals surface area contributed by atoms with Gasteiger partial charge in [0.05, 0.1) is 6.61 Å². The Kier molecular flexibility index (Phi) is 4.98. The van der Waals surface area contributed by atoms with Gasteiger partial charge in [-0.25, -0.2) is 0 Å². The van der Waals surface area contributed by atoms with Crippen molar-refractivity contribution >= 4 is 11.6 Å². The minimum Gasteiger partial charge on any atom is -0.380 e. The standard InChI is InChI=1S/C18H26N2O2/c1-14-5-2-3-11-20(14)18(21)15-7-9-16(10-8-15)19-17-6-4-12-22-13-17/h7-10,14,17,19H,2-6,11-13H2,1H3. The Hall–Kier alpha value is -1.55. The lowest BCUT2D eigenvalue weighted by atomic mass is 10.0. The number of nitrogens with zero attached hydrogens (tertiary/aromatic N) is 1. The minimum absolute atomic E-state index is 0.166. The summed E-state index contributed by atoms with van der Waals surface area (Å²) >= 11 is 0. The summed E-state index contributed by atoms with van der Waals surface area (Å²) in [6, 6.07) is 8.65. The third-order valence-corrected chi connectivity index (χ3v) is 4.73. The molecule has 1 N–H and O–H groups in total. The number of piperidine rings is 1. The van der Waals surface area contributed by atoms with Crippen molar-refractivity contribution in [3.63, 3.8) is 0 Å². The van der Waals surface area contributed by atoms with Gasteiger partial charge in [0.1, 0.15) is 0 Å². The number of likely N-dealkylation sites (tertiary alicyclic amines) is 1. The van der Waals surface area contributed by atoms with Crippen LogP contribution in [0, 0.1) is 0 Å². The Morgan fingerprint density at radius 3 is 2.68 bits per heavy atom. The van der Waals surface area contributed by atoms with Crippen LogP contribution in [0.5, 0.6) is 0 Å². The molecule has 2 heterocycles. The van der Waals surface area contributed by atoms with E-state index >= 15 is 0 Å². The maximum atomic E-state index is 12.6. The Morgan fingerprint density at radius 1 is 1.18 bits per heavy atom. The molecule has 22 heavy (non-hydrogen) atoms. The summed E-state index contributed by atoms with van der Waals surface area (Å²) in [6.45, 7) is 4.68. The molecule has 0 aliphatic carbocycles. The molecule has 120 valence electrons. The van der Waals surface area contributed by atoms with E-state index in [9.17, 15) is 4.79 Å². The van der Waals surface area contributed by atoms with E-state index in [-0.39, 0.29) is 5.91 Å². The van der Waals surface area contributed by atoms with Crippen molar-refractivity contribution in [2.75, 3.05) is 25.1 Å². The molecule has 2 aliphatic rings. The molecule has 2 saturated heterocycles. The number of amides is 1. The van der Waals surface area contributed by atoms with Crippen LogP contribution in [0.1, 0.15) is 49.4 Å². The predicted octanol–water partition coefficient (Wildman–Crippen LogP) is 3.29. The van der Waals surface area contributed by atoms with E-state index in [2.05, 4.69) is 12.2 Å². The Morgan fingerprint density at radius 2 is 2.00 bits per heavy atom. The second kappa shape index (κ2) is 7.14. The normalized spacial score (nSPS) is 25.8. The lowest BCUT2D eigenvalue weighted by molar-refractivity contribution is 0.0635. The van der Waals surface area contributed by atoms with Crippen LogP contribution in [0.25, 0.3) is 0 Å². The molecule has 0 spiro atoms. The van der Waals surface area contributed by atoms with Gasteiger partial charge in [-0.05, 0) is 63.3 Å². The number of anilines is 1. The minimum atomic E-state index is 0.166. The summed E-state index contributed by atoms with van der Waals surface area (Å²) in [6.07, 6.45) is 5.73. The summed E-state index contributed by atoms with van der Waals surface area (Å²) in [7, 11) is 0. The highest BCUT2D eigenvalue weighted by atomic mass is 16.5. The van der Waals surface area contributed by atoms with E-state index in [0.29, 0.717) is 12.1 Å². The molecule has 1 aromatic carbocycles. The Bertz CT molecular complexity index is 494. The summed E-state index contributed by atoms with van der Waals surface area (Å²) in [4.78, 5) is 14.6. The topological polar surface area (TPSA) is 41.6 Å². The fourth-order valence-corrected chi connectivity index (χ4v) is 3.36. The van der Waals surface area contributed by atoms with Crippen molar-refractivity contribution in [3.05, 3.63) is 29.8 Å². The summed E-state index contributed by atoms with van der Waals surface area (Å²) in [5.41, 5.74) is 1.86. The molecule has 2 fully saturated rings.